The molecule has 0 spiro atoms. The van der Waals surface area contributed by atoms with Crippen molar-refractivity contribution < 1.29 is 24.0 Å². The van der Waals surface area contributed by atoms with Crippen molar-refractivity contribution in [2.24, 2.45) is 0 Å². The van der Waals surface area contributed by atoms with E-state index in [1.54, 1.807) is 0 Å². The number of hydrogen-bond acceptors (Lipinski definition) is 5. The number of phenols is 1. The number of phenolic OH excluding ortho intramolecular Hbond substituents is 1. The average Bonchev–Trinajstić information content (AvgIpc) is 2.59. The molecule has 0 atom stereocenters. The number of nitrogens with zero attached hydrogens (tertiary/aromatic N) is 1. The summed E-state index contributed by atoms with van der Waals surface area (Å²) in [4.78, 5) is 33.6. The van der Waals surface area contributed by atoms with Crippen molar-refractivity contribution in [3.63, 3.8) is 0 Å². The van der Waals surface area contributed by atoms with Crippen LogP contribution in [-0.4, -0.2) is 28.4 Å². The van der Waals surface area contributed by atoms with Crippen molar-refractivity contribution in [2.75, 3.05) is 6.54 Å². The maximum absolute atomic E-state index is 13.4. The highest BCUT2D eigenvalue weighted by Gasteiger charge is 2.13. The Morgan fingerprint density at radius 3 is 2.56 bits per heavy atom. The summed E-state index contributed by atoms with van der Waals surface area (Å²) in [6.45, 7) is -0.579. The van der Waals surface area contributed by atoms with Crippen LogP contribution in [0.15, 0.2) is 42.5 Å². The molecular weight excluding hydrogens is 333 g/mol. The normalized spacial score (nSPS) is 10.1. The van der Waals surface area contributed by atoms with E-state index in [1.165, 1.54) is 18.2 Å². The standard InChI is InChI=1S/C16H14FN3O5/c17-13-4-2-1-3-12(13)16(23)19-9-15(22)18-8-10-7-11(20(24)25)5-6-14(10)21/h1-7,21H,8-9H2,(H,18,22)(H,19,23). The lowest BCUT2D eigenvalue weighted by molar-refractivity contribution is -0.384. The van der Waals surface area contributed by atoms with Gasteiger partial charge in [0.25, 0.3) is 11.6 Å². The topological polar surface area (TPSA) is 122 Å². The molecule has 0 fully saturated rings. The molecule has 0 aromatic heterocycles. The molecule has 2 rings (SSSR count). The van der Waals surface area contributed by atoms with Crippen LogP contribution in [0.25, 0.3) is 0 Å². The molecule has 0 saturated carbocycles. The molecule has 2 aromatic rings. The molecule has 0 radical (unpaired) electrons. The molecule has 3 N–H and O–H groups in total. The van der Waals surface area contributed by atoms with Gasteiger partial charge in [0.05, 0.1) is 17.0 Å². The largest absolute Gasteiger partial charge is 0.508 e. The van der Waals surface area contributed by atoms with Crippen LogP contribution in [0.3, 0.4) is 0 Å². The number of non-ortho nitro benzene ring substituents is 1. The number of nitro groups is 1. The van der Waals surface area contributed by atoms with Crippen molar-refractivity contribution >= 4 is 17.5 Å². The van der Waals surface area contributed by atoms with Gasteiger partial charge >= 0.3 is 0 Å². The summed E-state index contributed by atoms with van der Waals surface area (Å²) in [7, 11) is 0. The monoisotopic (exact) mass is 347 g/mol. The number of nitro benzene ring substituents is 1. The maximum Gasteiger partial charge on any atom is 0.270 e. The summed E-state index contributed by atoms with van der Waals surface area (Å²) in [6.07, 6.45) is 0. The van der Waals surface area contributed by atoms with E-state index in [0.717, 1.165) is 24.3 Å². The molecule has 2 aromatic carbocycles. The third kappa shape index (κ3) is 4.74. The number of nitrogens with one attached hydrogen (secondary N) is 2. The number of amides is 2. The van der Waals surface area contributed by atoms with Gasteiger partial charge < -0.3 is 15.7 Å². The van der Waals surface area contributed by atoms with Gasteiger partial charge in [0.15, 0.2) is 0 Å². The Balaban J connectivity index is 1.89. The average molecular weight is 347 g/mol. The number of benzene rings is 2. The van der Waals surface area contributed by atoms with E-state index in [4.69, 9.17) is 0 Å². The minimum absolute atomic E-state index is 0.156. The summed E-state index contributed by atoms with van der Waals surface area (Å²) >= 11 is 0. The quantitative estimate of drug-likeness (QED) is 0.540. The minimum Gasteiger partial charge on any atom is -0.508 e. The van der Waals surface area contributed by atoms with Gasteiger partial charge in [-0.15, -0.1) is 0 Å². The summed E-state index contributed by atoms with van der Waals surface area (Å²) < 4.78 is 13.4. The molecule has 0 aliphatic rings. The van der Waals surface area contributed by atoms with Crippen LogP contribution >= 0.6 is 0 Å². The Kier molecular flexibility index (Phi) is 5.62. The Labute approximate surface area is 141 Å². The molecular formula is C16H14FN3O5. The number of rotatable bonds is 6. The number of carbonyl (C=O) groups is 2. The van der Waals surface area contributed by atoms with E-state index in [0.29, 0.717) is 0 Å². The van der Waals surface area contributed by atoms with E-state index < -0.39 is 29.1 Å². The van der Waals surface area contributed by atoms with Crippen LogP contribution in [0, 0.1) is 15.9 Å². The highest BCUT2D eigenvalue weighted by molar-refractivity contribution is 5.96. The first-order chi connectivity index (χ1) is 11.9. The van der Waals surface area contributed by atoms with E-state index in [2.05, 4.69) is 10.6 Å². The van der Waals surface area contributed by atoms with E-state index in [1.807, 2.05) is 0 Å². The van der Waals surface area contributed by atoms with Crippen LogP contribution in [0.4, 0.5) is 10.1 Å². The highest BCUT2D eigenvalue weighted by Crippen LogP contribution is 2.22. The fourth-order valence-corrected chi connectivity index (χ4v) is 1.98. The molecule has 8 nitrogen and oxygen atoms in total. The second-order valence-corrected chi connectivity index (χ2v) is 5.01. The zero-order valence-corrected chi connectivity index (χ0v) is 12.9. The summed E-state index contributed by atoms with van der Waals surface area (Å²) in [5.41, 5.74) is -0.260. The van der Waals surface area contributed by atoms with Gasteiger partial charge in [-0.25, -0.2) is 4.39 Å². The SMILES string of the molecule is O=C(CNC(=O)c1ccccc1F)NCc1cc([N+](=O)[O-])ccc1O. The third-order valence-corrected chi connectivity index (χ3v) is 3.28. The highest BCUT2D eigenvalue weighted by atomic mass is 19.1. The number of hydrogen-bond donors (Lipinski definition) is 3. The first kappa shape index (κ1) is 17.9. The van der Waals surface area contributed by atoms with Crippen LogP contribution in [0.1, 0.15) is 15.9 Å². The van der Waals surface area contributed by atoms with Crippen molar-refractivity contribution in [3.05, 3.63) is 69.5 Å². The van der Waals surface area contributed by atoms with Crippen LogP contribution in [0.5, 0.6) is 5.75 Å². The van der Waals surface area contributed by atoms with E-state index in [9.17, 15) is 29.2 Å². The summed E-state index contributed by atoms with van der Waals surface area (Å²) in [5.74, 6) is -2.26. The lowest BCUT2D eigenvalue weighted by Gasteiger charge is -2.08. The minimum atomic E-state index is -0.744. The predicted molar refractivity (Wildman–Crippen MR) is 85.3 cm³/mol. The van der Waals surface area contributed by atoms with Crippen LogP contribution < -0.4 is 10.6 Å². The first-order valence-corrected chi connectivity index (χ1v) is 7.14. The smallest absolute Gasteiger partial charge is 0.270 e. The molecule has 130 valence electrons. The van der Waals surface area contributed by atoms with Gasteiger partial charge in [0.2, 0.25) is 5.91 Å². The van der Waals surface area contributed by atoms with E-state index in [-0.39, 0.29) is 29.1 Å². The lowest BCUT2D eigenvalue weighted by atomic mass is 10.1. The number of carbonyl (C=O) groups excluding carboxylic acids is 2. The molecule has 0 saturated heterocycles. The van der Waals surface area contributed by atoms with Crippen LogP contribution in [-0.2, 0) is 11.3 Å². The molecule has 0 bridgehead atoms. The molecule has 0 heterocycles. The first-order valence-electron chi connectivity index (χ1n) is 7.14. The maximum atomic E-state index is 13.4. The zero-order valence-electron chi connectivity index (χ0n) is 12.9. The fraction of sp³-hybridized carbons (Fsp3) is 0.125. The van der Waals surface area contributed by atoms with Crippen molar-refractivity contribution in [1.29, 1.82) is 0 Å². The van der Waals surface area contributed by atoms with Gasteiger partial charge in [-0.05, 0) is 18.2 Å². The Hall–Kier alpha value is -3.49. The number of aromatic hydroxyl groups is 1. The molecule has 0 unspecified atom stereocenters. The second kappa shape index (κ2) is 7.86. The fourth-order valence-electron chi connectivity index (χ4n) is 1.98. The Morgan fingerprint density at radius 2 is 1.88 bits per heavy atom. The molecule has 25 heavy (non-hydrogen) atoms. The molecule has 2 amide bonds. The van der Waals surface area contributed by atoms with Gasteiger partial charge in [-0.2, -0.15) is 0 Å². The summed E-state index contributed by atoms with van der Waals surface area (Å²) in [6, 6.07) is 8.75. The van der Waals surface area contributed by atoms with Gasteiger partial charge in [0.1, 0.15) is 11.6 Å². The molecule has 0 aliphatic heterocycles. The number of halogens is 1. The van der Waals surface area contributed by atoms with Crippen LogP contribution in [0.2, 0.25) is 0 Å². The van der Waals surface area contributed by atoms with Gasteiger partial charge in [-0.1, -0.05) is 12.1 Å². The van der Waals surface area contributed by atoms with Crippen molar-refractivity contribution in [3.8, 4) is 5.75 Å². The third-order valence-electron chi connectivity index (χ3n) is 3.28. The predicted octanol–water partition coefficient (Wildman–Crippen LogP) is 1.49. The Bertz CT molecular complexity index is 825. The van der Waals surface area contributed by atoms with Gasteiger partial charge in [-0.3, -0.25) is 19.7 Å². The molecule has 0 aliphatic carbocycles. The summed E-state index contributed by atoms with van der Waals surface area (Å²) in [5, 5.41) is 25.0. The zero-order chi connectivity index (χ0) is 18.4. The van der Waals surface area contributed by atoms with E-state index >= 15 is 0 Å². The molecule has 9 heteroatoms. The lowest BCUT2D eigenvalue weighted by Crippen LogP contribution is -2.36. The second-order valence-electron chi connectivity index (χ2n) is 5.01. The van der Waals surface area contributed by atoms with Gasteiger partial charge in [0, 0.05) is 24.2 Å². The van der Waals surface area contributed by atoms with Crippen molar-refractivity contribution in [1.82, 2.24) is 10.6 Å². The van der Waals surface area contributed by atoms with Crippen molar-refractivity contribution in [2.45, 2.75) is 6.54 Å². The Morgan fingerprint density at radius 1 is 1.16 bits per heavy atom.